The average molecular weight is 394 g/mol. The first-order chi connectivity index (χ1) is 12.7. The van der Waals surface area contributed by atoms with E-state index >= 15 is 0 Å². The number of nitrogens with one attached hydrogen (secondary N) is 2. The summed E-state index contributed by atoms with van der Waals surface area (Å²) in [5.41, 5.74) is 0.255. The summed E-state index contributed by atoms with van der Waals surface area (Å²) in [6, 6.07) is 0.419. The Morgan fingerprint density at radius 3 is 2.48 bits per heavy atom. The van der Waals surface area contributed by atoms with Gasteiger partial charge in [0.1, 0.15) is 0 Å². The highest BCUT2D eigenvalue weighted by Crippen LogP contribution is 2.29. The first-order valence-corrected chi connectivity index (χ1v) is 11.2. The fourth-order valence-electron chi connectivity index (χ4n) is 5.30. The molecule has 3 rings (SSSR count). The van der Waals surface area contributed by atoms with E-state index in [2.05, 4.69) is 55.4 Å². The van der Waals surface area contributed by atoms with Crippen molar-refractivity contribution in [1.82, 2.24) is 15.5 Å². The molecular weight excluding hydrogens is 354 g/mol. The van der Waals surface area contributed by atoms with Crippen molar-refractivity contribution in [2.75, 3.05) is 19.7 Å². The molecule has 2 aliphatic heterocycles. The summed E-state index contributed by atoms with van der Waals surface area (Å²) in [6.45, 7) is 12.1. The van der Waals surface area contributed by atoms with E-state index in [1.54, 1.807) is 0 Å². The van der Waals surface area contributed by atoms with Crippen molar-refractivity contribution in [3.05, 3.63) is 12.2 Å². The third-order valence-electron chi connectivity index (χ3n) is 6.11. The molecule has 4 nitrogen and oxygen atoms in total. The molecule has 2 unspecified atom stereocenters. The van der Waals surface area contributed by atoms with Gasteiger partial charge in [0.05, 0.1) is 6.10 Å². The predicted molar refractivity (Wildman–Crippen MR) is 117 cm³/mol. The van der Waals surface area contributed by atoms with Crippen LogP contribution < -0.4 is 10.6 Å². The fraction of sp³-hybridized carbons (Fsp3) is 0.864. The lowest BCUT2D eigenvalue weighted by molar-refractivity contribution is 0.0863. The van der Waals surface area contributed by atoms with Crippen LogP contribution in [0.25, 0.3) is 0 Å². The summed E-state index contributed by atoms with van der Waals surface area (Å²) in [4.78, 5) is 2.41. The van der Waals surface area contributed by atoms with Crippen LogP contribution in [0.15, 0.2) is 12.2 Å². The third-order valence-corrected chi connectivity index (χ3v) is 6.49. The number of piperidine rings is 1. The second kappa shape index (κ2) is 8.79. The van der Waals surface area contributed by atoms with Gasteiger partial charge in [-0.15, -0.1) is 0 Å². The lowest BCUT2D eigenvalue weighted by Gasteiger charge is -2.47. The highest BCUT2D eigenvalue weighted by molar-refractivity contribution is 7.80. The lowest BCUT2D eigenvalue weighted by Crippen LogP contribution is -2.63. The minimum Gasteiger partial charge on any atom is -0.376 e. The Hall–Kier alpha value is -0.650. The minimum atomic E-state index is 0.128. The van der Waals surface area contributed by atoms with E-state index in [-0.39, 0.29) is 11.1 Å². The molecule has 0 bridgehead atoms. The van der Waals surface area contributed by atoms with Crippen molar-refractivity contribution >= 4 is 17.3 Å². The van der Waals surface area contributed by atoms with E-state index in [9.17, 15) is 0 Å². The topological polar surface area (TPSA) is 36.5 Å². The van der Waals surface area contributed by atoms with Crippen molar-refractivity contribution in [2.45, 2.75) is 95.9 Å². The zero-order chi connectivity index (χ0) is 19.5. The summed E-state index contributed by atoms with van der Waals surface area (Å²) in [7, 11) is 0. The molecule has 3 aliphatic rings. The number of rotatable bonds is 5. The first kappa shape index (κ1) is 21.1. The van der Waals surface area contributed by atoms with E-state index in [1.165, 1.54) is 25.7 Å². The quantitative estimate of drug-likeness (QED) is 0.545. The van der Waals surface area contributed by atoms with Crippen LogP contribution >= 0.6 is 12.2 Å². The van der Waals surface area contributed by atoms with Crippen LogP contribution in [0.3, 0.4) is 0 Å². The van der Waals surface area contributed by atoms with Gasteiger partial charge in [0.15, 0.2) is 5.11 Å². The van der Waals surface area contributed by atoms with Gasteiger partial charge in [-0.1, -0.05) is 12.2 Å². The van der Waals surface area contributed by atoms with Crippen LogP contribution in [0.1, 0.15) is 72.6 Å². The van der Waals surface area contributed by atoms with Gasteiger partial charge in [-0.25, -0.2) is 0 Å². The molecule has 0 saturated carbocycles. The second-order valence-electron chi connectivity index (χ2n) is 10.1. The monoisotopic (exact) mass is 393 g/mol. The zero-order valence-electron chi connectivity index (χ0n) is 17.7. The van der Waals surface area contributed by atoms with E-state index in [0.717, 1.165) is 44.1 Å². The molecule has 5 heteroatoms. The number of ether oxygens (including phenoxy) is 1. The highest BCUT2D eigenvalue weighted by Gasteiger charge is 2.38. The number of hydrogen-bond acceptors (Lipinski definition) is 3. The molecule has 2 N–H and O–H groups in total. The van der Waals surface area contributed by atoms with Crippen LogP contribution in [0.5, 0.6) is 0 Å². The normalized spacial score (nSPS) is 30.2. The van der Waals surface area contributed by atoms with E-state index < -0.39 is 0 Å². The SMILES string of the molecule is CC1(C)CC(NC(=S)N(CC2CC=CCC2)CC2CCCO2)CC(C)(C)N1. The van der Waals surface area contributed by atoms with Crippen LogP contribution in [-0.2, 0) is 4.74 Å². The number of hydrogen-bond donors (Lipinski definition) is 2. The van der Waals surface area contributed by atoms with Gasteiger partial charge in [-0.3, -0.25) is 0 Å². The Labute approximate surface area is 171 Å². The van der Waals surface area contributed by atoms with Crippen molar-refractivity contribution in [3.8, 4) is 0 Å². The minimum absolute atomic E-state index is 0.128. The van der Waals surface area contributed by atoms with Crippen LogP contribution in [0.4, 0.5) is 0 Å². The maximum Gasteiger partial charge on any atom is 0.169 e. The molecule has 27 heavy (non-hydrogen) atoms. The zero-order valence-corrected chi connectivity index (χ0v) is 18.5. The Morgan fingerprint density at radius 2 is 1.89 bits per heavy atom. The van der Waals surface area contributed by atoms with Crippen LogP contribution in [-0.4, -0.2) is 52.9 Å². The maximum atomic E-state index is 5.93. The van der Waals surface area contributed by atoms with Gasteiger partial charge in [0.2, 0.25) is 0 Å². The molecule has 154 valence electrons. The molecule has 2 fully saturated rings. The van der Waals surface area contributed by atoms with Crippen molar-refractivity contribution in [2.24, 2.45) is 5.92 Å². The van der Waals surface area contributed by atoms with Crippen molar-refractivity contribution in [3.63, 3.8) is 0 Å². The van der Waals surface area contributed by atoms with Gasteiger partial charge in [0.25, 0.3) is 0 Å². The van der Waals surface area contributed by atoms with E-state index in [0.29, 0.717) is 18.1 Å². The summed E-state index contributed by atoms with van der Waals surface area (Å²) >= 11 is 5.93. The first-order valence-electron chi connectivity index (χ1n) is 10.8. The second-order valence-corrected chi connectivity index (χ2v) is 10.5. The Balaban J connectivity index is 1.63. The van der Waals surface area contributed by atoms with Gasteiger partial charge in [0, 0.05) is 36.8 Å². The Kier molecular flexibility index (Phi) is 6.86. The van der Waals surface area contributed by atoms with Gasteiger partial charge in [-0.2, -0.15) is 0 Å². The average Bonchev–Trinajstić information content (AvgIpc) is 3.05. The smallest absolute Gasteiger partial charge is 0.169 e. The van der Waals surface area contributed by atoms with Crippen molar-refractivity contribution in [1.29, 1.82) is 0 Å². The van der Waals surface area contributed by atoms with E-state index in [4.69, 9.17) is 17.0 Å². The molecule has 1 aliphatic carbocycles. The largest absolute Gasteiger partial charge is 0.376 e. The molecule has 2 atom stereocenters. The van der Waals surface area contributed by atoms with Gasteiger partial charge >= 0.3 is 0 Å². The molecule has 0 spiro atoms. The maximum absolute atomic E-state index is 5.93. The Morgan fingerprint density at radius 1 is 1.15 bits per heavy atom. The summed E-state index contributed by atoms with van der Waals surface area (Å²) in [5, 5.41) is 8.43. The summed E-state index contributed by atoms with van der Waals surface area (Å²) in [6.07, 6.45) is 13.2. The number of nitrogens with zero attached hydrogens (tertiary/aromatic N) is 1. The molecule has 0 aromatic rings. The third kappa shape index (κ3) is 6.43. The van der Waals surface area contributed by atoms with E-state index in [1.807, 2.05) is 0 Å². The molecule has 0 radical (unpaired) electrons. The molecule has 0 aromatic carbocycles. The molecular formula is C22H39N3OS. The molecule has 2 heterocycles. The molecule has 2 saturated heterocycles. The molecule has 0 aromatic heterocycles. The van der Waals surface area contributed by atoms with Gasteiger partial charge < -0.3 is 20.3 Å². The summed E-state index contributed by atoms with van der Waals surface area (Å²) < 4.78 is 5.93. The predicted octanol–water partition coefficient (Wildman–Crippen LogP) is 4.01. The number of allylic oxidation sites excluding steroid dienone is 2. The van der Waals surface area contributed by atoms with Crippen LogP contribution in [0.2, 0.25) is 0 Å². The summed E-state index contributed by atoms with van der Waals surface area (Å²) in [5.74, 6) is 0.706. The molecule has 0 amide bonds. The standard InChI is InChI=1S/C22H39N3OS/c1-21(2)13-18(14-22(3,4)24-21)23-20(27)25(16-19-11-8-12-26-19)15-17-9-6-5-7-10-17/h5-6,17-19,24H,7-16H2,1-4H3,(H,23,27). The van der Waals surface area contributed by atoms with Crippen LogP contribution in [0, 0.1) is 5.92 Å². The van der Waals surface area contributed by atoms with Crippen molar-refractivity contribution < 1.29 is 4.74 Å². The lowest BCUT2D eigenvalue weighted by atomic mass is 9.80. The highest BCUT2D eigenvalue weighted by atomic mass is 32.1. The van der Waals surface area contributed by atoms with Gasteiger partial charge in [-0.05, 0) is 90.8 Å². The fourth-order valence-corrected chi connectivity index (χ4v) is 5.61. The number of thiocarbonyl (C=S) groups is 1. The Bertz CT molecular complexity index is 524.